The molecular formula is C14H25N. The van der Waals surface area contributed by atoms with Gasteiger partial charge in [0.05, 0.1) is 0 Å². The summed E-state index contributed by atoms with van der Waals surface area (Å²) in [6, 6.07) is 0.557. The van der Waals surface area contributed by atoms with E-state index < -0.39 is 0 Å². The van der Waals surface area contributed by atoms with Crippen molar-refractivity contribution in [1.82, 2.24) is 0 Å². The summed E-state index contributed by atoms with van der Waals surface area (Å²) in [6.45, 7) is 8.22. The van der Waals surface area contributed by atoms with Gasteiger partial charge in [-0.1, -0.05) is 32.4 Å². The molecule has 0 heterocycles. The maximum atomic E-state index is 4.15. The Morgan fingerprint density at radius 2 is 2.27 bits per heavy atom. The van der Waals surface area contributed by atoms with Crippen molar-refractivity contribution in [2.75, 3.05) is 0 Å². The zero-order chi connectivity index (χ0) is 11.1. The third-order valence-electron chi connectivity index (χ3n) is 3.40. The minimum absolute atomic E-state index is 0.557. The minimum atomic E-state index is 0.557. The molecule has 0 aromatic rings. The van der Waals surface area contributed by atoms with Crippen molar-refractivity contribution in [3.63, 3.8) is 0 Å². The summed E-state index contributed by atoms with van der Waals surface area (Å²) in [5.74, 6) is 1.63. The predicted octanol–water partition coefficient (Wildman–Crippen LogP) is 4.24. The summed E-state index contributed by atoms with van der Waals surface area (Å²) in [5, 5.41) is 0. The Balaban J connectivity index is 2.21. The van der Waals surface area contributed by atoms with Crippen LogP contribution in [0.5, 0.6) is 0 Å². The maximum Gasteiger partial charge on any atom is 0.0495 e. The number of allylic oxidation sites excluding steroid dienone is 2. The van der Waals surface area contributed by atoms with Crippen LogP contribution in [0.2, 0.25) is 0 Å². The van der Waals surface area contributed by atoms with Gasteiger partial charge in [0.2, 0.25) is 0 Å². The summed E-state index contributed by atoms with van der Waals surface area (Å²) in [4.78, 5) is 4.15. The van der Waals surface area contributed by atoms with Crippen LogP contribution in [0, 0.1) is 11.8 Å². The van der Waals surface area contributed by atoms with Crippen molar-refractivity contribution in [2.45, 2.75) is 58.4 Å². The van der Waals surface area contributed by atoms with Crippen molar-refractivity contribution in [2.24, 2.45) is 16.8 Å². The van der Waals surface area contributed by atoms with E-state index in [1.807, 2.05) is 0 Å². The highest BCUT2D eigenvalue weighted by Crippen LogP contribution is 2.32. The van der Waals surface area contributed by atoms with Crippen molar-refractivity contribution in [3.05, 3.63) is 12.2 Å². The Labute approximate surface area is 94.7 Å². The molecule has 1 heteroatoms. The second-order valence-electron chi connectivity index (χ2n) is 4.95. The fraction of sp³-hybridized carbons (Fsp3) is 0.786. The zero-order valence-electron chi connectivity index (χ0n) is 10.3. The summed E-state index contributed by atoms with van der Waals surface area (Å²) in [6.07, 6.45) is 12.4. The van der Waals surface area contributed by atoms with E-state index in [1.165, 1.54) is 38.5 Å². The SMILES string of the molecule is C=NC1CCC(CC(C)/C=C\CCC)C1. The summed E-state index contributed by atoms with van der Waals surface area (Å²) in [7, 11) is 0. The monoisotopic (exact) mass is 207 g/mol. The van der Waals surface area contributed by atoms with Gasteiger partial charge in [-0.05, 0) is 50.7 Å². The van der Waals surface area contributed by atoms with Gasteiger partial charge in [0, 0.05) is 6.04 Å². The average Bonchev–Trinajstić information content (AvgIpc) is 2.66. The molecule has 0 radical (unpaired) electrons. The maximum absolute atomic E-state index is 4.15. The van der Waals surface area contributed by atoms with E-state index in [0.29, 0.717) is 6.04 Å². The third-order valence-corrected chi connectivity index (χ3v) is 3.40. The first-order valence-corrected chi connectivity index (χ1v) is 6.38. The molecule has 0 saturated heterocycles. The second kappa shape index (κ2) is 6.81. The lowest BCUT2D eigenvalue weighted by Crippen LogP contribution is -2.02. The average molecular weight is 207 g/mol. The minimum Gasteiger partial charge on any atom is -0.298 e. The summed E-state index contributed by atoms with van der Waals surface area (Å²) >= 11 is 0. The van der Waals surface area contributed by atoms with Gasteiger partial charge in [-0.2, -0.15) is 0 Å². The largest absolute Gasteiger partial charge is 0.298 e. The fourth-order valence-electron chi connectivity index (χ4n) is 2.53. The van der Waals surface area contributed by atoms with Gasteiger partial charge in [0.15, 0.2) is 0 Å². The standard InChI is InChI=1S/C14H25N/c1-4-5-6-7-12(2)10-13-8-9-14(11-13)15-3/h6-7,12-14H,3-5,8-11H2,1-2H3/b7-6-. The van der Waals surface area contributed by atoms with Crippen LogP contribution in [0.4, 0.5) is 0 Å². The first-order chi connectivity index (χ1) is 7.26. The van der Waals surface area contributed by atoms with E-state index in [1.54, 1.807) is 0 Å². The molecular weight excluding hydrogens is 182 g/mol. The smallest absolute Gasteiger partial charge is 0.0495 e. The molecule has 1 aliphatic rings. The first-order valence-electron chi connectivity index (χ1n) is 6.38. The lowest BCUT2D eigenvalue weighted by atomic mass is 9.94. The molecule has 0 aliphatic heterocycles. The molecule has 3 atom stereocenters. The summed E-state index contributed by atoms with van der Waals surface area (Å²) in [5.41, 5.74) is 0. The number of nitrogens with zero attached hydrogens (tertiary/aromatic N) is 1. The van der Waals surface area contributed by atoms with Gasteiger partial charge in [-0.3, -0.25) is 4.99 Å². The Kier molecular flexibility index (Phi) is 5.67. The lowest BCUT2D eigenvalue weighted by molar-refractivity contribution is 0.439. The molecule has 0 bridgehead atoms. The van der Waals surface area contributed by atoms with Crippen LogP contribution in [0.25, 0.3) is 0 Å². The highest BCUT2D eigenvalue weighted by molar-refractivity contribution is 5.24. The number of hydrogen-bond donors (Lipinski definition) is 0. The molecule has 0 amide bonds. The van der Waals surface area contributed by atoms with Crippen molar-refractivity contribution < 1.29 is 0 Å². The molecule has 1 aliphatic carbocycles. The number of unbranched alkanes of at least 4 members (excludes halogenated alkanes) is 1. The highest BCUT2D eigenvalue weighted by atomic mass is 14.8. The Bertz CT molecular complexity index is 207. The van der Waals surface area contributed by atoms with E-state index in [4.69, 9.17) is 0 Å². The van der Waals surface area contributed by atoms with E-state index in [2.05, 4.69) is 37.7 Å². The van der Waals surface area contributed by atoms with Crippen LogP contribution in [0.1, 0.15) is 52.4 Å². The van der Waals surface area contributed by atoms with Crippen molar-refractivity contribution in [3.8, 4) is 0 Å². The molecule has 1 rings (SSSR count). The molecule has 0 N–H and O–H groups in total. The van der Waals surface area contributed by atoms with Gasteiger partial charge < -0.3 is 0 Å². The van der Waals surface area contributed by atoms with Crippen LogP contribution in [0.3, 0.4) is 0 Å². The third kappa shape index (κ3) is 4.63. The van der Waals surface area contributed by atoms with Crippen molar-refractivity contribution in [1.29, 1.82) is 0 Å². The van der Waals surface area contributed by atoms with Crippen LogP contribution >= 0.6 is 0 Å². The quantitative estimate of drug-likeness (QED) is 0.456. The topological polar surface area (TPSA) is 12.4 Å². The highest BCUT2D eigenvalue weighted by Gasteiger charge is 2.24. The van der Waals surface area contributed by atoms with Gasteiger partial charge >= 0.3 is 0 Å². The number of aliphatic imine (C=N–C) groups is 1. The second-order valence-corrected chi connectivity index (χ2v) is 4.95. The molecule has 1 saturated carbocycles. The Morgan fingerprint density at radius 3 is 2.87 bits per heavy atom. The molecule has 15 heavy (non-hydrogen) atoms. The first kappa shape index (κ1) is 12.5. The van der Waals surface area contributed by atoms with Crippen LogP contribution in [0.15, 0.2) is 17.1 Å². The van der Waals surface area contributed by atoms with Gasteiger partial charge in [0.25, 0.3) is 0 Å². The molecule has 0 spiro atoms. The summed E-state index contributed by atoms with van der Waals surface area (Å²) < 4.78 is 0. The lowest BCUT2D eigenvalue weighted by Gasteiger charge is -2.12. The normalized spacial score (nSPS) is 28.4. The molecule has 1 fully saturated rings. The van der Waals surface area contributed by atoms with Crippen LogP contribution in [-0.2, 0) is 0 Å². The molecule has 0 aromatic carbocycles. The molecule has 1 nitrogen and oxygen atoms in total. The fourth-order valence-corrected chi connectivity index (χ4v) is 2.53. The van der Waals surface area contributed by atoms with Gasteiger partial charge in [-0.15, -0.1) is 0 Å². The zero-order valence-corrected chi connectivity index (χ0v) is 10.3. The van der Waals surface area contributed by atoms with E-state index in [0.717, 1.165) is 11.8 Å². The predicted molar refractivity (Wildman–Crippen MR) is 68.5 cm³/mol. The molecule has 3 unspecified atom stereocenters. The van der Waals surface area contributed by atoms with Crippen molar-refractivity contribution >= 4 is 6.72 Å². The Hall–Kier alpha value is -0.590. The number of rotatable bonds is 6. The number of hydrogen-bond acceptors (Lipinski definition) is 1. The van der Waals surface area contributed by atoms with Crippen LogP contribution in [-0.4, -0.2) is 12.8 Å². The van der Waals surface area contributed by atoms with Gasteiger partial charge in [0.1, 0.15) is 0 Å². The molecule has 0 aromatic heterocycles. The van der Waals surface area contributed by atoms with Gasteiger partial charge in [-0.25, -0.2) is 0 Å². The van der Waals surface area contributed by atoms with E-state index >= 15 is 0 Å². The van der Waals surface area contributed by atoms with E-state index in [-0.39, 0.29) is 0 Å². The Morgan fingerprint density at radius 1 is 1.47 bits per heavy atom. The molecule has 86 valence electrons. The van der Waals surface area contributed by atoms with E-state index in [9.17, 15) is 0 Å². The van der Waals surface area contributed by atoms with Crippen LogP contribution < -0.4 is 0 Å².